The molecular weight excluding hydrogens is 459 g/mol. The molecule has 1 heterocycles. The van der Waals surface area contributed by atoms with Crippen molar-refractivity contribution in [2.45, 2.75) is 19.0 Å². The van der Waals surface area contributed by atoms with Crippen molar-refractivity contribution >= 4 is 28.8 Å². The van der Waals surface area contributed by atoms with Crippen LogP contribution < -0.4 is 21.1 Å². The number of amides is 1. The van der Waals surface area contributed by atoms with Crippen molar-refractivity contribution in [3.8, 4) is 5.75 Å². The number of nitrogens with zero attached hydrogens (tertiary/aromatic N) is 3. The summed E-state index contributed by atoms with van der Waals surface area (Å²) in [5.74, 6) is 0.464. The van der Waals surface area contributed by atoms with Gasteiger partial charge in [-0.15, -0.1) is 0 Å². The number of amidine groups is 1. The second-order valence-corrected chi connectivity index (χ2v) is 8.94. The van der Waals surface area contributed by atoms with Crippen LogP contribution in [0, 0.1) is 5.41 Å². The highest BCUT2D eigenvalue weighted by Crippen LogP contribution is 2.57. The van der Waals surface area contributed by atoms with Gasteiger partial charge in [-0.2, -0.15) is 13.2 Å². The molecule has 2 fully saturated rings. The van der Waals surface area contributed by atoms with Crippen LogP contribution in [0.3, 0.4) is 0 Å². The molecule has 1 amide bonds. The van der Waals surface area contributed by atoms with E-state index in [2.05, 4.69) is 4.99 Å². The van der Waals surface area contributed by atoms with E-state index in [0.29, 0.717) is 35.8 Å². The molecular formula is C25H27F3N5O2+. The van der Waals surface area contributed by atoms with Crippen molar-refractivity contribution in [1.29, 1.82) is 0 Å². The average Bonchev–Trinajstić information content (AvgIpc) is 3.60. The van der Waals surface area contributed by atoms with Crippen LogP contribution in [-0.2, 0) is 4.79 Å². The lowest BCUT2D eigenvalue weighted by Crippen LogP contribution is -2.50. The molecule has 2 aliphatic rings. The van der Waals surface area contributed by atoms with Crippen LogP contribution in [0.25, 0.3) is 0 Å². The van der Waals surface area contributed by atoms with Crippen molar-refractivity contribution in [2.75, 3.05) is 32.6 Å². The van der Waals surface area contributed by atoms with E-state index < -0.39 is 23.2 Å². The number of nitrogens with two attached hydrogens (primary N) is 2. The van der Waals surface area contributed by atoms with Crippen molar-refractivity contribution in [3.05, 3.63) is 65.4 Å². The number of alkyl halides is 3. The molecule has 1 aliphatic carbocycles. The Morgan fingerprint density at radius 2 is 1.66 bits per heavy atom. The highest BCUT2D eigenvalue weighted by molar-refractivity contribution is 6.51. The zero-order valence-electron chi connectivity index (χ0n) is 19.7. The standard InChI is InChI=1S/C25H26F3N5O2/c1-32(2)22(30)15-4-8-17(9-5-15)33-14-24(12-13-24)19(21(29)25(26,27)28)20(23(33)34)31-16-6-10-18(35-3)11-7-16/h4-11,30H,12-14H2,1-3H3,(H2,29,31)/p+1. The Bertz CT molecular complexity index is 1240. The largest absolute Gasteiger partial charge is 0.497 e. The summed E-state index contributed by atoms with van der Waals surface area (Å²) in [6, 6.07) is 13.4. The monoisotopic (exact) mass is 486 g/mol. The summed E-state index contributed by atoms with van der Waals surface area (Å²) in [6.07, 6.45) is -3.83. The number of hydrogen-bond donors (Lipinski definition) is 2. The number of halogens is 3. The number of ether oxygens (including phenoxy) is 1. The summed E-state index contributed by atoms with van der Waals surface area (Å²) in [7, 11) is 5.13. The number of aliphatic imine (C=N–C) groups is 1. The summed E-state index contributed by atoms with van der Waals surface area (Å²) >= 11 is 0. The fourth-order valence-corrected chi connectivity index (χ4v) is 4.22. The van der Waals surface area contributed by atoms with Crippen LogP contribution in [0.4, 0.5) is 24.5 Å². The molecule has 1 saturated heterocycles. The molecule has 1 aliphatic heterocycles. The van der Waals surface area contributed by atoms with E-state index >= 15 is 0 Å². The number of benzene rings is 2. The molecule has 1 spiro atoms. The Hall–Kier alpha value is -3.82. The first-order valence-electron chi connectivity index (χ1n) is 11.0. The summed E-state index contributed by atoms with van der Waals surface area (Å²) < 4.78 is 48.1. The van der Waals surface area contributed by atoms with Gasteiger partial charge in [0, 0.05) is 23.2 Å². The summed E-state index contributed by atoms with van der Waals surface area (Å²) in [5, 5.41) is 0. The molecule has 2 aromatic rings. The molecule has 2 aromatic carbocycles. The van der Waals surface area contributed by atoms with Gasteiger partial charge >= 0.3 is 6.18 Å². The van der Waals surface area contributed by atoms with Crippen LogP contribution >= 0.6 is 0 Å². The molecule has 10 heteroatoms. The molecule has 4 rings (SSSR count). The molecule has 1 saturated carbocycles. The number of carbonyl (C=O) groups excluding carboxylic acids is 1. The first-order valence-corrected chi connectivity index (χ1v) is 11.0. The van der Waals surface area contributed by atoms with Crippen LogP contribution in [0.5, 0.6) is 5.75 Å². The third kappa shape index (κ3) is 4.60. The van der Waals surface area contributed by atoms with Gasteiger partial charge in [0.05, 0.1) is 32.5 Å². The number of rotatable bonds is 4. The molecule has 35 heavy (non-hydrogen) atoms. The minimum Gasteiger partial charge on any atom is -0.497 e. The van der Waals surface area contributed by atoms with Crippen molar-refractivity contribution < 1.29 is 27.3 Å². The molecule has 0 bridgehead atoms. The topological polar surface area (TPSA) is 97.0 Å². The van der Waals surface area contributed by atoms with Gasteiger partial charge in [-0.3, -0.25) is 15.1 Å². The summed E-state index contributed by atoms with van der Waals surface area (Å²) in [5.41, 5.74) is 10.7. The predicted octanol–water partition coefficient (Wildman–Crippen LogP) is 3.35. The van der Waals surface area contributed by atoms with Crippen molar-refractivity contribution in [3.63, 3.8) is 0 Å². The van der Waals surface area contributed by atoms with Crippen molar-refractivity contribution in [1.82, 2.24) is 0 Å². The van der Waals surface area contributed by atoms with Gasteiger partial charge in [-0.25, -0.2) is 4.99 Å². The first kappa shape index (κ1) is 24.3. The van der Waals surface area contributed by atoms with Gasteiger partial charge in [0.1, 0.15) is 17.2 Å². The molecule has 0 unspecified atom stereocenters. The Morgan fingerprint density at radius 1 is 1.06 bits per heavy atom. The normalized spacial score (nSPS) is 19.7. The van der Waals surface area contributed by atoms with Gasteiger partial charge < -0.3 is 15.4 Å². The number of hydrogen-bond acceptors (Lipinski definition) is 4. The quantitative estimate of drug-likeness (QED) is 0.394. The van der Waals surface area contributed by atoms with E-state index in [9.17, 15) is 18.0 Å². The first-order chi connectivity index (χ1) is 16.5. The van der Waals surface area contributed by atoms with E-state index in [1.807, 2.05) is 14.1 Å². The maximum absolute atomic E-state index is 13.8. The Kier molecular flexibility index (Phi) is 6.08. The minimum atomic E-state index is -4.78. The maximum atomic E-state index is 13.8. The predicted molar refractivity (Wildman–Crippen MR) is 128 cm³/mol. The number of anilines is 1. The fraction of sp³-hybridized carbons (Fsp3) is 0.320. The number of piperidine rings is 1. The molecule has 0 radical (unpaired) electrons. The van der Waals surface area contributed by atoms with Gasteiger partial charge in [0.15, 0.2) is 0 Å². The molecule has 0 aromatic heterocycles. The zero-order valence-corrected chi connectivity index (χ0v) is 19.7. The second kappa shape index (κ2) is 8.75. The van der Waals surface area contributed by atoms with Gasteiger partial charge in [0.25, 0.3) is 11.7 Å². The van der Waals surface area contributed by atoms with E-state index in [1.165, 1.54) is 12.0 Å². The molecule has 184 valence electrons. The van der Waals surface area contributed by atoms with Gasteiger partial charge in [-0.05, 0) is 61.4 Å². The van der Waals surface area contributed by atoms with Crippen LogP contribution in [0.15, 0.2) is 64.8 Å². The number of allylic oxidation sites excluding steroid dienone is 1. The van der Waals surface area contributed by atoms with E-state index in [4.69, 9.17) is 16.2 Å². The van der Waals surface area contributed by atoms with E-state index in [1.54, 1.807) is 53.1 Å². The Labute approximate surface area is 201 Å². The third-order valence-corrected chi connectivity index (χ3v) is 6.37. The summed E-state index contributed by atoms with van der Waals surface area (Å²) in [4.78, 5) is 19.5. The lowest BCUT2D eigenvalue weighted by molar-refractivity contribution is -0.464. The van der Waals surface area contributed by atoms with Gasteiger partial charge in [-0.1, -0.05) is 0 Å². The molecule has 0 atom stereocenters. The van der Waals surface area contributed by atoms with Gasteiger partial charge in [0.2, 0.25) is 0 Å². The van der Waals surface area contributed by atoms with Crippen LogP contribution in [-0.4, -0.2) is 56.0 Å². The van der Waals surface area contributed by atoms with Crippen molar-refractivity contribution in [2.24, 2.45) is 21.9 Å². The highest BCUT2D eigenvalue weighted by Gasteiger charge is 2.58. The lowest BCUT2D eigenvalue weighted by atomic mass is 9.84. The molecule has 7 nitrogen and oxygen atoms in total. The molecule has 4 N–H and O–H groups in total. The summed E-state index contributed by atoms with van der Waals surface area (Å²) in [6.45, 7) is 0.0891. The lowest BCUT2D eigenvalue weighted by Gasteiger charge is -2.36. The number of methoxy groups -OCH3 is 1. The van der Waals surface area contributed by atoms with Crippen LogP contribution in [0.2, 0.25) is 0 Å². The smallest absolute Gasteiger partial charge is 0.431 e. The minimum absolute atomic E-state index is 0.0891. The second-order valence-electron chi connectivity index (χ2n) is 8.94. The van der Waals surface area contributed by atoms with E-state index in [-0.39, 0.29) is 17.8 Å². The fourth-order valence-electron chi connectivity index (χ4n) is 4.22. The maximum Gasteiger partial charge on any atom is 0.431 e. The SMILES string of the molecule is COc1ccc(N=C2C(=O)N(c3ccc(C(N)=[N+](C)C)cc3)CC3(CC3)C2=C(N)C(F)(F)F)cc1. The third-order valence-electron chi connectivity index (χ3n) is 6.37. The Morgan fingerprint density at radius 3 is 2.14 bits per heavy atom. The van der Waals surface area contributed by atoms with E-state index in [0.717, 1.165) is 5.56 Å². The average molecular weight is 487 g/mol. The van der Waals surface area contributed by atoms with Crippen LogP contribution in [0.1, 0.15) is 18.4 Å². The Balaban J connectivity index is 1.82. The zero-order chi connectivity index (χ0) is 25.5. The highest BCUT2D eigenvalue weighted by atomic mass is 19.4. The number of carbonyl (C=O) groups is 1.